The molecule has 0 bridgehead atoms. The van der Waals surface area contributed by atoms with Crippen LogP contribution in [0.2, 0.25) is 0 Å². The summed E-state index contributed by atoms with van der Waals surface area (Å²) in [6.45, 7) is 0. The maximum absolute atomic E-state index is 12.6. The minimum atomic E-state index is -0.508. The van der Waals surface area contributed by atoms with Gasteiger partial charge in [-0.25, -0.2) is 0 Å². The number of aromatic hydroxyl groups is 1. The van der Waals surface area contributed by atoms with Crippen molar-refractivity contribution in [1.82, 2.24) is 5.32 Å². The van der Waals surface area contributed by atoms with Gasteiger partial charge in [0.05, 0.1) is 17.4 Å². The second-order valence-corrected chi connectivity index (χ2v) is 7.98. The summed E-state index contributed by atoms with van der Waals surface area (Å²) in [6.07, 6.45) is 0.495. The molecule has 3 N–H and O–H groups in total. The first-order chi connectivity index (χ1) is 14.0. The lowest BCUT2D eigenvalue weighted by Gasteiger charge is -2.12. The molecule has 1 saturated heterocycles. The Balaban J connectivity index is 1.49. The lowest BCUT2D eigenvalue weighted by Crippen LogP contribution is -2.25. The first-order valence-corrected chi connectivity index (χ1v) is 9.97. The molecule has 3 amide bonds. The Morgan fingerprint density at radius 3 is 2.66 bits per heavy atom. The second kappa shape index (κ2) is 7.97. The van der Waals surface area contributed by atoms with Crippen LogP contribution in [-0.2, 0) is 22.4 Å². The van der Waals surface area contributed by atoms with Gasteiger partial charge in [0.15, 0.2) is 0 Å². The van der Waals surface area contributed by atoms with Crippen molar-refractivity contribution in [3.63, 3.8) is 0 Å². The number of fused-ring (bicyclic) bond motifs is 1. The van der Waals surface area contributed by atoms with Gasteiger partial charge < -0.3 is 10.4 Å². The smallest absolute Gasteiger partial charge is 0.286 e. The molecule has 1 aliphatic rings. The van der Waals surface area contributed by atoms with Crippen LogP contribution in [0.1, 0.15) is 11.1 Å². The normalized spacial score (nSPS) is 16.1. The summed E-state index contributed by atoms with van der Waals surface area (Å²) >= 11 is 0.946. The minimum absolute atomic E-state index is 0.0559. The SMILES string of the molecule is O=C(Cc1cccc2ccccc12)Nc1cc(CC2SC(=O)NC2=O)ccc1O. The molecule has 29 heavy (non-hydrogen) atoms. The second-order valence-electron chi connectivity index (χ2n) is 6.80. The zero-order chi connectivity index (χ0) is 20.4. The number of hydrogen-bond donors (Lipinski definition) is 3. The summed E-state index contributed by atoms with van der Waals surface area (Å²) in [6, 6.07) is 18.4. The van der Waals surface area contributed by atoms with E-state index in [1.165, 1.54) is 6.07 Å². The first-order valence-electron chi connectivity index (χ1n) is 9.09. The number of imide groups is 1. The number of thioether (sulfide) groups is 1. The van der Waals surface area contributed by atoms with E-state index in [2.05, 4.69) is 10.6 Å². The lowest BCUT2D eigenvalue weighted by molar-refractivity contribution is -0.119. The van der Waals surface area contributed by atoms with Crippen LogP contribution in [0.15, 0.2) is 60.7 Å². The number of benzene rings is 3. The third kappa shape index (κ3) is 4.25. The maximum Gasteiger partial charge on any atom is 0.286 e. The Labute approximate surface area is 171 Å². The van der Waals surface area contributed by atoms with Crippen molar-refractivity contribution in [2.45, 2.75) is 18.1 Å². The van der Waals surface area contributed by atoms with Gasteiger partial charge in [0.1, 0.15) is 5.75 Å². The first kappa shape index (κ1) is 19.0. The Morgan fingerprint density at radius 2 is 1.86 bits per heavy atom. The zero-order valence-corrected chi connectivity index (χ0v) is 16.2. The largest absolute Gasteiger partial charge is 0.506 e. The standard InChI is InChI=1S/C22H18N2O4S/c25-18-9-8-13(11-19-21(27)24-22(28)29-19)10-17(18)23-20(26)12-15-6-3-5-14-4-1-2-7-16(14)15/h1-10,19,25H,11-12H2,(H,23,26)(H,24,27,28). The number of phenolic OH excluding ortho intramolecular Hbond substituents is 1. The molecule has 3 aromatic carbocycles. The summed E-state index contributed by atoms with van der Waals surface area (Å²) in [5, 5.41) is 16.3. The number of amides is 3. The van der Waals surface area contributed by atoms with E-state index >= 15 is 0 Å². The van der Waals surface area contributed by atoms with Crippen molar-refractivity contribution in [1.29, 1.82) is 0 Å². The third-order valence-corrected chi connectivity index (χ3v) is 5.74. The fraction of sp³-hybridized carbons (Fsp3) is 0.136. The van der Waals surface area contributed by atoms with Gasteiger partial charge in [0.25, 0.3) is 5.24 Å². The van der Waals surface area contributed by atoms with Crippen LogP contribution in [0.25, 0.3) is 10.8 Å². The van der Waals surface area contributed by atoms with Gasteiger partial charge in [-0.15, -0.1) is 0 Å². The average Bonchev–Trinajstić information content (AvgIpc) is 3.01. The van der Waals surface area contributed by atoms with Crippen LogP contribution < -0.4 is 10.6 Å². The van der Waals surface area contributed by atoms with Crippen LogP contribution in [0.3, 0.4) is 0 Å². The van der Waals surface area contributed by atoms with Crippen LogP contribution in [-0.4, -0.2) is 27.4 Å². The summed E-state index contributed by atoms with van der Waals surface area (Å²) in [5.41, 5.74) is 1.92. The van der Waals surface area contributed by atoms with E-state index in [1.54, 1.807) is 12.1 Å². The molecular weight excluding hydrogens is 388 g/mol. The zero-order valence-electron chi connectivity index (χ0n) is 15.3. The topological polar surface area (TPSA) is 95.5 Å². The van der Waals surface area contributed by atoms with Crippen molar-refractivity contribution in [2.24, 2.45) is 0 Å². The number of hydrogen-bond acceptors (Lipinski definition) is 5. The molecule has 1 aliphatic heterocycles. The molecule has 0 aliphatic carbocycles. The molecule has 0 radical (unpaired) electrons. The van der Waals surface area contributed by atoms with Gasteiger partial charge in [-0.3, -0.25) is 19.7 Å². The number of nitrogens with one attached hydrogen (secondary N) is 2. The molecule has 0 spiro atoms. The van der Waals surface area contributed by atoms with Gasteiger partial charge in [0, 0.05) is 0 Å². The van der Waals surface area contributed by atoms with Crippen LogP contribution in [0, 0.1) is 0 Å². The molecule has 1 atom stereocenters. The number of phenols is 1. The Kier molecular flexibility index (Phi) is 5.22. The third-order valence-electron chi connectivity index (χ3n) is 4.75. The highest BCUT2D eigenvalue weighted by Gasteiger charge is 2.31. The molecule has 146 valence electrons. The molecule has 3 aromatic rings. The lowest BCUT2D eigenvalue weighted by atomic mass is 10.0. The summed E-state index contributed by atoms with van der Waals surface area (Å²) in [7, 11) is 0. The highest BCUT2D eigenvalue weighted by atomic mass is 32.2. The number of carbonyl (C=O) groups is 3. The molecule has 1 unspecified atom stereocenters. The quantitative estimate of drug-likeness (QED) is 0.563. The Bertz CT molecular complexity index is 1120. The van der Waals surface area contributed by atoms with Crippen molar-refractivity contribution in [3.05, 3.63) is 71.8 Å². The van der Waals surface area contributed by atoms with Crippen molar-refractivity contribution in [3.8, 4) is 5.75 Å². The number of carbonyl (C=O) groups excluding carboxylic acids is 3. The molecule has 0 aromatic heterocycles. The number of rotatable bonds is 5. The maximum atomic E-state index is 12.6. The van der Waals surface area contributed by atoms with Gasteiger partial charge >= 0.3 is 0 Å². The van der Waals surface area contributed by atoms with E-state index < -0.39 is 5.25 Å². The molecule has 6 nitrogen and oxygen atoms in total. The summed E-state index contributed by atoms with van der Waals surface area (Å²) < 4.78 is 0. The van der Waals surface area contributed by atoms with Crippen LogP contribution in [0.4, 0.5) is 10.5 Å². The fourth-order valence-corrected chi connectivity index (χ4v) is 4.23. The van der Waals surface area contributed by atoms with Crippen molar-refractivity contribution >= 4 is 45.3 Å². The predicted octanol–water partition coefficient (Wildman–Crippen LogP) is 3.62. The van der Waals surface area contributed by atoms with E-state index in [0.29, 0.717) is 6.42 Å². The van der Waals surface area contributed by atoms with Gasteiger partial charge in [-0.1, -0.05) is 60.3 Å². The molecule has 4 rings (SSSR count). The summed E-state index contributed by atoms with van der Waals surface area (Å²) in [5.74, 6) is -0.633. The van der Waals surface area contributed by atoms with E-state index in [-0.39, 0.29) is 34.9 Å². The van der Waals surface area contributed by atoms with Gasteiger partial charge in [-0.2, -0.15) is 0 Å². The van der Waals surface area contributed by atoms with Crippen LogP contribution >= 0.6 is 11.8 Å². The van der Waals surface area contributed by atoms with E-state index in [0.717, 1.165) is 33.7 Å². The van der Waals surface area contributed by atoms with Gasteiger partial charge in [-0.05, 0) is 40.5 Å². The molecular formula is C22H18N2O4S. The number of anilines is 1. The predicted molar refractivity (Wildman–Crippen MR) is 113 cm³/mol. The monoisotopic (exact) mass is 406 g/mol. The highest BCUT2D eigenvalue weighted by molar-refractivity contribution is 8.15. The molecule has 0 saturated carbocycles. The van der Waals surface area contributed by atoms with Crippen LogP contribution in [0.5, 0.6) is 5.75 Å². The highest BCUT2D eigenvalue weighted by Crippen LogP contribution is 2.29. The molecule has 1 heterocycles. The van der Waals surface area contributed by atoms with E-state index in [4.69, 9.17) is 0 Å². The Morgan fingerprint density at radius 1 is 1.07 bits per heavy atom. The fourth-order valence-electron chi connectivity index (χ4n) is 3.37. The van der Waals surface area contributed by atoms with Gasteiger partial charge in [0.2, 0.25) is 11.8 Å². The Hall–Kier alpha value is -3.32. The van der Waals surface area contributed by atoms with E-state index in [1.807, 2.05) is 42.5 Å². The van der Waals surface area contributed by atoms with E-state index in [9.17, 15) is 19.5 Å². The van der Waals surface area contributed by atoms with Crippen molar-refractivity contribution < 1.29 is 19.5 Å². The molecule has 7 heteroatoms. The van der Waals surface area contributed by atoms with Crippen molar-refractivity contribution in [2.75, 3.05) is 5.32 Å². The average molecular weight is 406 g/mol. The summed E-state index contributed by atoms with van der Waals surface area (Å²) in [4.78, 5) is 35.7. The molecule has 1 fully saturated rings. The minimum Gasteiger partial charge on any atom is -0.506 e.